The Bertz CT molecular complexity index is 218. The van der Waals surface area contributed by atoms with Gasteiger partial charge in [-0.05, 0) is 24.9 Å². The molecule has 0 aromatic carbocycles. The molecule has 16 heavy (non-hydrogen) atoms. The molecule has 1 atom stereocenters. The molecule has 0 bridgehead atoms. The molecule has 0 N–H and O–H groups in total. The number of carbonyl (C=O) groups is 2. The molecule has 0 saturated heterocycles. The molecule has 94 valence electrons. The maximum absolute atomic E-state index is 11.2. The number of rotatable bonds is 9. The van der Waals surface area contributed by atoms with Crippen LogP contribution in [0.1, 0.15) is 39.5 Å². The van der Waals surface area contributed by atoms with Crippen molar-refractivity contribution in [2.45, 2.75) is 45.6 Å². The molecule has 0 aliphatic carbocycles. The van der Waals surface area contributed by atoms with Crippen LogP contribution in [0.3, 0.4) is 0 Å². The second-order valence-corrected chi connectivity index (χ2v) is 4.01. The van der Waals surface area contributed by atoms with Crippen molar-refractivity contribution in [1.82, 2.24) is 0 Å². The van der Waals surface area contributed by atoms with E-state index in [9.17, 15) is 9.59 Å². The van der Waals surface area contributed by atoms with Gasteiger partial charge in [0.05, 0.1) is 13.0 Å². The molecule has 0 fully saturated rings. The summed E-state index contributed by atoms with van der Waals surface area (Å²) in [7, 11) is 0. The van der Waals surface area contributed by atoms with E-state index in [0.717, 1.165) is 12.8 Å². The van der Waals surface area contributed by atoms with Crippen molar-refractivity contribution in [2.75, 3.05) is 13.2 Å². The first-order chi connectivity index (χ1) is 7.56. The van der Waals surface area contributed by atoms with E-state index < -0.39 is 11.2 Å². The molecule has 0 aromatic heterocycles. The van der Waals surface area contributed by atoms with Gasteiger partial charge in [0, 0.05) is 13.0 Å². The molecule has 0 aromatic rings. The Morgan fingerprint density at radius 3 is 2.56 bits per heavy atom. The minimum atomic E-state index is -0.524. The SMILES string of the molecule is CCCCOCC(C)OC(=O)CCC(=O)Cl. The van der Waals surface area contributed by atoms with Crippen LogP contribution in [0.15, 0.2) is 0 Å². The zero-order chi connectivity index (χ0) is 12.4. The van der Waals surface area contributed by atoms with Crippen LogP contribution in [-0.2, 0) is 19.1 Å². The highest BCUT2D eigenvalue weighted by Gasteiger charge is 2.10. The first kappa shape index (κ1) is 15.4. The highest BCUT2D eigenvalue weighted by atomic mass is 35.5. The van der Waals surface area contributed by atoms with Gasteiger partial charge >= 0.3 is 5.97 Å². The van der Waals surface area contributed by atoms with Gasteiger partial charge in [-0.3, -0.25) is 9.59 Å². The highest BCUT2D eigenvalue weighted by Crippen LogP contribution is 2.01. The molecular weight excluding hydrogens is 232 g/mol. The Morgan fingerprint density at radius 1 is 1.31 bits per heavy atom. The third-order valence-electron chi connectivity index (χ3n) is 1.85. The summed E-state index contributed by atoms with van der Waals surface area (Å²) in [5.41, 5.74) is 0. The van der Waals surface area contributed by atoms with Crippen LogP contribution in [0.25, 0.3) is 0 Å². The average molecular weight is 251 g/mol. The minimum absolute atomic E-state index is 0.0177. The van der Waals surface area contributed by atoms with E-state index in [2.05, 4.69) is 6.92 Å². The average Bonchev–Trinajstić information content (AvgIpc) is 2.21. The molecule has 0 spiro atoms. The lowest BCUT2D eigenvalue weighted by Crippen LogP contribution is -2.20. The molecule has 0 amide bonds. The summed E-state index contributed by atoms with van der Waals surface area (Å²) >= 11 is 5.11. The molecule has 0 aliphatic heterocycles. The number of hydrogen-bond acceptors (Lipinski definition) is 4. The second kappa shape index (κ2) is 9.60. The lowest BCUT2D eigenvalue weighted by molar-refractivity contribution is -0.151. The number of carbonyl (C=O) groups excluding carboxylic acids is 2. The van der Waals surface area contributed by atoms with Gasteiger partial charge in [-0.2, -0.15) is 0 Å². The maximum Gasteiger partial charge on any atom is 0.306 e. The van der Waals surface area contributed by atoms with Gasteiger partial charge in [0.25, 0.3) is 0 Å². The number of ether oxygens (including phenoxy) is 2. The van der Waals surface area contributed by atoms with Crippen molar-refractivity contribution >= 4 is 22.8 Å². The topological polar surface area (TPSA) is 52.6 Å². The van der Waals surface area contributed by atoms with Gasteiger partial charge in [0.1, 0.15) is 6.10 Å². The van der Waals surface area contributed by atoms with E-state index in [0.29, 0.717) is 13.2 Å². The van der Waals surface area contributed by atoms with E-state index in [1.807, 2.05) is 0 Å². The Morgan fingerprint density at radius 2 is 2.00 bits per heavy atom. The van der Waals surface area contributed by atoms with Gasteiger partial charge in [-0.25, -0.2) is 0 Å². The van der Waals surface area contributed by atoms with Crippen LogP contribution in [0.5, 0.6) is 0 Å². The summed E-state index contributed by atoms with van der Waals surface area (Å²) in [6, 6.07) is 0. The van der Waals surface area contributed by atoms with Crippen LogP contribution >= 0.6 is 11.6 Å². The first-order valence-corrected chi connectivity index (χ1v) is 5.89. The Hall–Kier alpha value is -0.610. The Kier molecular flexibility index (Phi) is 9.24. The van der Waals surface area contributed by atoms with E-state index in [-0.39, 0.29) is 18.9 Å². The second-order valence-electron chi connectivity index (χ2n) is 3.58. The summed E-state index contributed by atoms with van der Waals surface area (Å²) in [4.78, 5) is 21.6. The highest BCUT2D eigenvalue weighted by molar-refractivity contribution is 6.63. The predicted octanol–water partition coefficient (Wildman–Crippen LogP) is 2.28. The quantitative estimate of drug-likeness (QED) is 0.358. The first-order valence-electron chi connectivity index (χ1n) is 5.51. The van der Waals surface area contributed by atoms with Crippen molar-refractivity contribution in [3.05, 3.63) is 0 Å². The normalized spacial score (nSPS) is 12.2. The fraction of sp³-hybridized carbons (Fsp3) is 0.818. The largest absolute Gasteiger partial charge is 0.460 e. The predicted molar refractivity (Wildman–Crippen MR) is 61.4 cm³/mol. The van der Waals surface area contributed by atoms with E-state index >= 15 is 0 Å². The summed E-state index contributed by atoms with van der Waals surface area (Å²) in [5, 5.41) is -0.524. The Balaban J connectivity index is 3.50. The van der Waals surface area contributed by atoms with Crippen molar-refractivity contribution in [1.29, 1.82) is 0 Å². The van der Waals surface area contributed by atoms with Crippen LogP contribution in [0.4, 0.5) is 0 Å². The van der Waals surface area contributed by atoms with E-state index in [4.69, 9.17) is 21.1 Å². The fourth-order valence-electron chi connectivity index (χ4n) is 1.01. The standard InChI is InChI=1S/C11H19ClO4/c1-3-4-7-15-8-9(2)16-11(14)6-5-10(12)13/h9H,3-8H2,1-2H3. The monoisotopic (exact) mass is 250 g/mol. The third-order valence-corrected chi connectivity index (χ3v) is 2.04. The molecule has 4 nitrogen and oxygen atoms in total. The van der Waals surface area contributed by atoms with Gasteiger partial charge in [0.15, 0.2) is 0 Å². The summed E-state index contributed by atoms with van der Waals surface area (Å²) in [6.07, 6.45) is 1.84. The van der Waals surface area contributed by atoms with Crippen molar-refractivity contribution in [2.24, 2.45) is 0 Å². The molecular formula is C11H19ClO4. The van der Waals surface area contributed by atoms with Gasteiger partial charge in [-0.15, -0.1) is 0 Å². The van der Waals surface area contributed by atoms with Crippen molar-refractivity contribution in [3.8, 4) is 0 Å². The van der Waals surface area contributed by atoms with Crippen molar-refractivity contribution in [3.63, 3.8) is 0 Å². The fourth-order valence-corrected chi connectivity index (χ4v) is 1.11. The molecule has 0 heterocycles. The van der Waals surface area contributed by atoms with Crippen LogP contribution in [-0.4, -0.2) is 30.5 Å². The zero-order valence-corrected chi connectivity index (χ0v) is 10.6. The minimum Gasteiger partial charge on any atom is -0.460 e. The molecule has 0 rings (SSSR count). The number of esters is 1. The lowest BCUT2D eigenvalue weighted by atomic mass is 10.3. The van der Waals surface area contributed by atoms with Crippen LogP contribution in [0.2, 0.25) is 0 Å². The molecule has 0 saturated carbocycles. The molecule has 1 unspecified atom stereocenters. The molecule has 0 aliphatic rings. The van der Waals surface area contributed by atoms with Gasteiger partial charge in [0.2, 0.25) is 5.24 Å². The van der Waals surface area contributed by atoms with Crippen LogP contribution < -0.4 is 0 Å². The Labute approximate surface area is 101 Å². The van der Waals surface area contributed by atoms with Crippen molar-refractivity contribution < 1.29 is 19.1 Å². The van der Waals surface area contributed by atoms with Gasteiger partial charge in [-0.1, -0.05) is 13.3 Å². The molecule has 0 radical (unpaired) electrons. The smallest absolute Gasteiger partial charge is 0.306 e. The van der Waals surface area contributed by atoms with E-state index in [1.54, 1.807) is 6.92 Å². The third kappa shape index (κ3) is 9.93. The summed E-state index contributed by atoms with van der Waals surface area (Å²) < 4.78 is 10.3. The summed E-state index contributed by atoms with van der Waals surface area (Å²) in [5.74, 6) is -0.416. The lowest BCUT2D eigenvalue weighted by Gasteiger charge is -2.13. The number of halogens is 1. The zero-order valence-electron chi connectivity index (χ0n) is 9.83. The van der Waals surface area contributed by atoms with Gasteiger partial charge < -0.3 is 9.47 Å². The maximum atomic E-state index is 11.2. The number of hydrogen-bond donors (Lipinski definition) is 0. The number of unbranched alkanes of at least 4 members (excludes halogenated alkanes) is 1. The van der Waals surface area contributed by atoms with Crippen LogP contribution in [0, 0.1) is 0 Å². The molecule has 5 heteroatoms. The van der Waals surface area contributed by atoms with E-state index in [1.165, 1.54) is 0 Å². The summed E-state index contributed by atoms with van der Waals surface area (Å²) in [6.45, 7) is 4.90.